The van der Waals surface area contributed by atoms with Crippen LogP contribution in [0.2, 0.25) is 19.6 Å². The van der Waals surface area contributed by atoms with Crippen molar-refractivity contribution in [3.63, 3.8) is 0 Å². The number of terminal acetylenes is 1. The van der Waals surface area contributed by atoms with Crippen molar-refractivity contribution in [3.05, 3.63) is 179 Å². The van der Waals surface area contributed by atoms with Crippen molar-refractivity contribution in [1.82, 2.24) is 0 Å². The molecule has 6 aliphatic carbocycles. The highest BCUT2D eigenvalue weighted by molar-refractivity contribution is 6.83. The number of aliphatic hydroxyl groups is 1. The Bertz CT molecular complexity index is 3890. The molecule has 1 N–H and O–H groups in total. The van der Waals surface area contributed by atoms with E-state index >= 15 is 0 Å². The van der Waals surface area contributed by atoms with E-state index in [4.69, 9.17) is 72.7 Å². The molecule has 5 aromatic carbocycles. The molecule has 19 heteroatoms. The molecule has 0 amide bonds. The molecule has 117 heavy (non-hydrogen) atoms. The van der Waals surface area contributed by atoms with Gasteiger partial charge in [-0.3, -0.25) is 9.59 Å². The first-order valence-electron chi connectivity index (χ1n) is 43.9. The second-order valence-corrected chi connectivity index (χ2v) is 40.6. The number of hydrogen-bond donors (Lipinski definition) is 1. The number of ether oxygens (including phenoxy) is 14. The fourth-order valence-corrected chi connectivity index (χ4v) is 20.0. The SMILES string of the molecule is C#CC1(Cc2ccccc2)CCC2(CC1)OCCO2.CCOC(=O)C1(Cc2ccccc2)CCC2(CC1)OCCO2.CCOC(=O)C1CCC2(CC1)OCCO2.C[Si](C)(C)C#CC1(Cc2ccccc2)CCC2(CC1)OCCO2.O=CC1(Cc2ccccc2)CCC2(CC1)OCCO2.OCC1(Cc2ccccc2)CCC2(CC1)OCCO2. The van der Waals surface area contributed by atoms with Crippen molar-refractivity contribution in [2.24, 2.45) is 33.0 Å². The second-order valence-electron chi connectivity index (χ2n) is 35.8. The zero-order chi connectivity index (χ0) is 82.1. The molecule has 0 aromatic heterocycles. The summed E-state index contributed by atoms with van der Waals surface area (Å²) in [5, 5.41) is 9.85. The summed E-state index contributed by atoms with van der Waals surface area (Å²) < 4.78 is 79.5. The largest absolute Gasteiger partial charge is 0.466 e. The standard InChI is InChI=1S/C20H28O2Si.C18H24O4.C17H20O2.C16H22O3.C16H20O3.C11H18O4/c1-23(2,3)16-13-19(17-18-7-5-4-6-8-18)9-11-20(12-10-19)21-14-15-22-20;1-2-20-16(19)17(14-15-6-4-3-5-7-15)8-10-18(11-9-17)21-12-13-22-18;1-2-16(14-15-6-4-3-5-7-15)8-10-17(11-9-16)18-12-13-19-17;2*17-13-15(12-14-4-2-1-3-5-14)6-8-16(9-7-15)18-10-11-19-16;1-2-13-10(12)9-3-5-11(6-4-9)14-7-8-15-11/h4-8H,9-12,14-15,17H2,1-3H3;3-7H,2,8-14H2,1H3;1,3-7H,8-14H2;1-5,17H,6-13H2;1-5,13H,6-12H2;9H,2-8H2,1H3. The predicted octanol–water partition coefficient (Wildman–Crippen LogP) is 17.4. The summed E-state index contributed by atoms with van der Waals surface area (Å²) in [6, 6.07) is 52.2. The molecule has 6 saturated heterocycles. The molecule has 12 fully saturated rings. The molecule has 0 atom stereocenters. The molecule has 12 aliphatic rings. The van der Waals surface area contributed by atoms with E-state index in [9.17, 15) is 19.5 Å². The van der Waals surface area contributed by atoms with Gasteiger partial charge in [-0.2, -0.15) is 0 Å². The molecule has 636 valence electrons. The summed E-state index contributed by atoms with van der Waals surface area (Å²) in [5.74, 6) is 4.52. The van der Waals surface area contributed by atoms with Crippen LogP contribution in [-0.4, -0.2) is 165 Å². The quantitative estimate of drug-likeness (QED) is 0.0423. The lowest BCUT2D eigenvalue weighted by atomic mass is 9.68. The number of carbonyl (C=O) groups is 3. The molecule has 0 bridgehead atoms. The van der Waals surface area contributed by atoms with Crippen LogP contribution in [0.4, 0.5) is 0 Å². The molecule has 5 aromatic rings. The molecule has 18 nitrogen and oxygen atoms in total. The zero-order valence-corrected chi connectivity index (χ0v) is 71.7. The number of rotatable bonds is 16. The number of aliphatic hydroxyl groups excluding tert-OH is 1. The van der Waals surface area contributed by atoms with E-state index in [1.54, 1.807) is 0 Å². The smallest absolute Gasteiger partial charge is 0.312 e. The maximum absolute atomic E-state index is 12.6. The normalized spacial score (nSPS) is 27.6. The van der Waals surface area contributed by atoms with Crippen LogP contribution in [0.1, 0.15) is 196 Å². The van der Waals surface area contributed by atoms with Gasteiger partial charge in [-0.25, -0.2) is 0 Å². The lowest BCUT2D eigenvalue weighted by molar-refractivity contribution is -0.199. The van der Waals surface area contributed by atoms with Crippen molar-refractivity contribution >= 4 is 26.3 Å². The number of hydrogen-bond acceptors (Lipinski definition) is 18. The molecule has 6 spiro atoms. The van der Waals surface area contributed by atoms with Gasteiger partial charge in [-0.05, 0) is 156 Å². The van der Waals surface area contributed by atoms with Crippen LogP contribution < -0.4 is 0 Å². The van der Waals surface area contributed by atoms with Gasteiger partial charge >= 0.3 is 11.9 Å². The summed E-state index contributed by atoms with van der Waals surface area (Å²) in [6.45, 7) is 20.2. The molecule has 6 saturated carbocycles. The fraction of sp³-hybridized carbons (Fsp3) is 0.622. The van der Waals surface area contributed by atoms with Crippen molar-refractivity contribution in [1.29, 1.82) is 0 Å². The van der Waals surface area contributed by atoms with Gasteiger partial charge in [0.15, 0.2) is 34.7 Å². The molecular formula is C98H132O18Si. The predicted molar refractivity (Wildman–Crippen MR) is 451 cm³/mol. The maximum Gasteiger partial charge on any atom is 0.312 e. The van der Waals surface area contributed by atoms with Crippen LogP contribution in [0, 0.1) is 56.8 Å². The van der Waals surface area contributed by atoms with Crippen LogP contribution >= 0.6 is 0 Å². The van der Waals surface area contributed by atoms with E-state index in [1.165, 1.54) is 27.8 Å². The van der Waals surface area contributed by atoms with E-state index in [1.807, 2.05) is 62.4 Å². The molecule has 0 radical (unpaired) electrons. The number of esters is 2. The van der Waals surface area contributed by atoms with Gasteiger partial charge in [0.2, 0.25) is 0 Å². The Labute approximate surface area is 698 Å². The number of carbonyl (C=O) groups excluding carboxylic acids is 3. The van der Waals surface area contributed by atoms with Gasteiger partial charge in [0.25, 0.3) is 0 Å². The topological polar surface area (TPSA) is 201 Å². The van der Waals surface area contributed by atoms with E-state index in [0.717, 1.165) is 219 Å². The Morgan fingerprint density at radius 3 is 1.03 bits per heavy atom. The molecule has 0 unspecified atom stereocenters. The fourth-order valence-electron chi connectivity index (χ4n) is 19.4. The lowest BCUT2D eigenvalue weighted by Crippen LogP contribution is -2.45. The van der Waals surface area contributed by atoms with Gasteiger partial charge in [-0.15, -0.1) is 17.9 Å². The van der Waals surface area contributed by atoms with Gasteiger partial charge in [0.05, 0.1) is 104 Å². The van der Waals surface area contributed by atoms with Gasteiger partial charge in [0, 0.05) is 99.9 Å². The Morgan fingerprint density at radius 1 is 0.393 bits per heavy atom. The van der Waals surface area contributed by atoms with Crippen LogP contribution in [0.15, 0.2) is 152 Å². The van der Waals surface area contributed by atoms with Crippen molar-refractivity contribution < 1.29 is 85.8 Å². The monoisotopic (exact) mass is 1620 g/mol. The minimum Gasteiger partial charge on any atom is -0.466 e. The van der Waals surface area contributed by atoms with Gasteiger partial charge in [0.1, 0.15) is 14.4 Å². The molecular weight excluding hydrogens is 1490 g/mol. The van der Waals surface area contributed by atoms with Crippen LogP contribution in [0.3, 0.4) is 0 Å². The number of benzene rings is 5. The highest BCUT2D eigenvalue weighted by Crippen LogP contribution is 2.52. The van der Waals surface area contributed by atoms with E-state index in [-0.39, 0.29) is 75.1 Å². The highest BCUT2D eigenvalue weighted by atomic mass is 28.3. The molecule has 17 rings (SSSR count). The highest BCUT2D eigenvalue weighted by Gasteiger charge is 2.53. The van der Waals surface area contributed by atoms with Gasteiger partial charge < -0.3 is 76.2 Å². The third-order valence-corrected chi connectivity index (χ3v) is 27.4. The van der Waals surface area contributed by atoms with E-state index < -0.39 is 19.3 Å². The molecule has 6 aliphatic heterocycles. The third kappa shape index (κ3) is 24.7. The summed E-state index contributed by atoms with van der Waals surface area (Å²) in [4.78, 5) is 35.7. The zero-order valence-electron chi connectivity index (χ0n) is 70.7. The van der Waals surface area contributed by atoms with Crippen LogP contribution in [0.25, 0.3) is 0 Å². The van der Waals surface area contributed by atoms with Crippen molar-refractivity contribution in [2.75, 3.05) is 99.1 Å². The molecule has 6 heterocycles. The van der Waals surface area contributed by atoms with Crippen molar-refractivity contribution in [2.45, 2.75) is 254 Å². The first-order chi connectivity index (χ1) is 56.6. The number of aldehydes is 1. The Kier molecular flexibility index (Phi) is 31.8. The van der Waals surface area contributed by atoms with E-state index in [2.05, 4.69) is 140 Å². The summed E-state index contributed by atoms with van der Waals surface area (Å²) in [5.41, 5.74) is 9.46. The minimum atomic E-state index is -1.37. The second kappa shape index (κ2) is 41.4. The summed E-state index contributed by atoms with van der Waals surface area (Å²) in [7, 11) is -1.37. The third-order valence-electron chi connectivity index (χ3n) is 26.5. The van der Waals surface area contributed by atoms with Gasteiger partial charge in [-0.1, -0.05) is 177 Å². The Balaban J connectivity index is 0.000000130. The van der Waals surface area contributed by atoms with E-state index in [0.29, 0.717) is 66.1 Å². The summed E-state index contributed by atoms with van der Waals surface area (Å²) >= 11 is 0. The lowest BCUT2D eigenvalue weighted by Gasteiger charge is -2.43. The maximum atomic E-state index is 12.6. The summed E-state index contributed by atoms with van der Waals surface area (Å²) in [6.07, 6.45) is 32.8. The average molecular weight is 1630 g/mol. The Morgan fingerprint density at radius 2 is 0.692 bits per heavy atom. The van der Waals surface area contributed by atoms with Crippen LogP contribution in [0.5, 0.6) is 0 Å². The van der Waals surface area contributed by atoms with Crippen LogP contribution in [-0.2, 0) is 113 Å². The van der Waals surface area contributed by atoms with Crippen molar-refractivity contribution in [3.8, 4) is 23.8 Å². The average Bonchev–Trinajstić information content (AvgIpc) is 1.76. The minimum absolute atomic E-state index is 0.00190. The Hall–Kier alpha value is -6.47. The first kappa shape index (κ1) is 89.8. The first-order valence-corrected chi connectivity index (χ1v) is 47.4.